The van der Waals surface area contributed by atoms with Crippen molar-refractivity contribution in [3.63, 3.8) is 0 Å². The Morgan fingerprint density at radius 3 is 2.84 bits per heavy atom. The van der Waals surface area contributed by atoms with Crippen molar-refractivity contribution in [2.75, 3.05) is 32.9 Å². The molecule has 0 bridgehead atoms. The Hall–Kier alpha value is -1.14. The molecule has 0 aromatic carbocycles. The smallest absolute Gasteiger partial charge is 0.308 e. The molecule has 2 saturated heterocycles. The number of ether oxygens (including phenoxy) is 2. The summed E-state index contributed by atoms with van der Waals surface area (Å²) in [5.74, 6) is -1.38. The third-order valence-electron chi connectivity index (χ3n) is 3.68. The summed E-state index contributed by atoms with van der Waals surface area (Å²) in [7, 11) is 0. The molecule has 0 saturated carbocycles. The van der Waals surface area contributed by atoms with Crippen molar-refractivity contribution in [3.05, 3.63) is 0 Å². The second kappa shape index (κ2) is 6.86. The van der Waals surface area contributed by atoms with Gasteiger partial charge in [0.05, 0.1) is 18.6 Å². The molecule has 1 amide bonds. The second-order valence-corrected chi connectivity index (χ2v) is 5.17. The fourth-order valence-corrected chi connectivity index (χ4v) is 2.55. The number of carboxylic acids is 1. The largest absolute Gasteiger partial charge is 0.481 e. The molecule has 2 aliphatic rings. The molecule has 0 aliphatic carbocycles. The first-order valence-electron chi connectivity index (χ1n) is 6.86. The molecule has 2 heterocycles. The molecule has 108 valence electrons. The van der Waals surface area contributed by atoms with Crippen LogP contribution >= 0.6 is 0 Å². The summed E-state index contributed by atoms with van der Waals surface area (Å²) >= 11 is 0. The third kappa shape index (κ3) is 4.18. The Labute approximate surface area is 112 Å². The summed E-state index contributed by atoms with van der Waals surface area (Å²) in [4.78, 5) is 24.4. The van der Waals surface area contributed by atoms with Crippen LogP contribution in [-0.2, 0) is 19.1 Å². The highest BCUT2D eigenvalue weighted by Gasteiger charge is 2.28. The van der Waals surface area contributed by atoms with Crippen LogP contribution in [0.2, 0.25) is 0 Å². The van der Waals surface area contributed by atoms with E-state index in [1.54, 1.807) is 4.90 Å². The predicted octanol–water partition coefficient (Wildman–Crippen LogP) is 0.505. The van der Waals surface area contributed by atoms with E-state index in [0.717, 1.165) is 25.9 Å². The lowest BCUT2D eigenvalue weighted by Crippen LogP contribution is -2.44. The fraction of sp³-hybridized carbons (Fsp3) is 0.846. The van der Waals surface area contributed by atoms with Gasteiger partial charge in [-0.2, -0.15) is 0 Å². The Balaban J connectivity index is 1.68. The van der Waals surface area contributed by atoms with Crippen LogP contribution in [0.1, 0.15) is 25.7 Å². The minimum absolute atomic E-state index is 0.0200. The van der Waals surface area contributed by atoms with Crippen LogP contribution in [0.25, 0.3) is 0 Å². The van der Waals surface area contributed by atoms with Gasteiger partial charge in [0.25, 0.3) is 0 Å². The van der Waals surface area contributed by atoms with E-state index in [2.05, 4.69) is 0 Å². The highest BCUT2D eigenvalue weighted by molar-refractivity contribution is 5.79. The van der Waals surface area contributed by atoms with E-state index in [1.807, 2.05) is 0 Å². The van der Waals surface area contributed by atoms with Gasteiger partial charge in [-0.25, -0.2) is 0 Å². The number of hydrogen-bond donors (Lipinski definition) is 1. The van der Waals surface area contributed by atoms with E-state index in [1.165, 1.54) is 0 Å². The van der Waals surface area contributed by atoms with Gasteiger partial charge >= 0.3 is 5.97 Å². The maximum atomic E-state index is 11.9. The number of carbonyl (C=O) groups excluding carboxylic acids is 1. The average molecular weight is 271 g/mol. The van der Waals surface area contributed by atoms with Crippen molar-refractivity contribution in [1.29, 1.82) is 0 Å². The molecular weight excluding hydrogens is 250 g/mol. The number of likely N-dealkylation sites (tertiary alicyclic amines) is 1. The third-order valence-corrected chi connectivity index (χ3v) is 3.68. The predicted molar refractivity (Wildman–Crippen MR) is 66.7 cm³/mol. The number of carbonyl (C=O) groups is 2. The number of nitrogens with zero attached hydrogens (tertiary/aromatic N) is 1. The minimum atomic E-state index is -0.822. The molecule has 0 aromatic heterocycles. The molecule has 6 nitrogen and oxygen atoms in total. The Morgan fingerprint density at radius 2 is 2.16 bits per heavy atom. The van der Waals surface area contributed by atoms with E-state index in [-0.39, 0.29) is 18.6 Å². The summed E-state index contributed by atoms with van der Waals surface area (Å²) < 4.78 is 10.8. The highest BCUT2D eigenvalue weighted by Crippen LogP contribution is 2.17. The van der Waals surface area contributed by atoms with Crippen molar-refractivity contribution in [3.8, 4) is 0 Å². The monoisotopic (exact) mass is 271 g/mol. The van der Waals surface area contributed by atoms with Gasteiger partial charge in [0, 0.05) is 19.7 Å². The number of carboxylic acid groups (broad SMARTS) is 1. The molecule has 0 radical (unpaired) electrons. The average Bonchev–Trinajstić information content (AvgIpc) is 2.92. The second-order valence-electron chi connectivity index (χ2n) is 5.17. The molecule has 0 aromatic rings. The van der Waals surface area contributed by atoms with Crippen molar-refractivity contribution >= 4 is 11.9 Å². The number of piperidine rings is 1. The van der Waals surface area contributed by atoms with Crippen LogP contribution in [-0.4, -0.2) is 60.9 Å². The molecule has 2 fully saturated rings. The number of aliphatic carboxylic acids is 1. The van der Waals surface area contributed by atoms with E-state index in [0.29, 0.717) is 26.1 Å². The van der Waals surface area contributed by atoms with Crippen LogP contribution in [0.4, 0.5) is 0 Å². The zero-order valence-corrected chi connectivity index (χ0v) is 11.0. The maximum Gasteiger partial charge on any atom is 0.308 e. The molecule has 0 unspecified atom stereocenters. The van der Waals surface area contributed by atoms with Crippen LogP contribution in [0.3, 0.4) is 0 Å². The SMILES string of the molecule is O=C(O)[C@H]1CCCN(C(=O)COC[C@H]2CCCO2)C1. The van der Waals surface area contributed by atoms with Crippen LogP contribution in [0.5, 0.6) is 0 Å². The van der Waals surface area contributed by atoms with E-state index in [4.69, 9.17) is 14.6 Å². The van der Waals surface area contributed by atoms with Crippen LogP contribution in [0.15, 0.2) is 0 Å². The van der Waals surface area contributed by atoms with Gasteiger partial charge in [0.2, 0.25) is 5.91 Å². The van der Waals surface area contributed by atoms with Crippen molar-refractivity contribution in [2.45, 2.75) is 31.8 Å². The first-order valence-corrected chi connectivity index (χ1v) is 6.86. The zero-order chi connectivity index (χ0) is 13.7. The number of amides is 1. The maximum absolute atomic E-state index is 11.9. The van der Waals surface area contributed by atoms with E-state index >= 15 is 0 Å². The van der Waals surface area contributed by atoms with Gasteiger partial charge in [-0.15, -0.1) is 0 Å². The van der Waals surface area contributed by atoms with Gasteiger partial charge < -0.3 is 19.5 Å². The van der Waals surface area contributed by atoms with Gasteiger partial charge in [-0.05, 0) is 25.7 Å². The first kappa shape index (κ1) is 14.3. The molecule has 2 rings (SSSR count). The van der Waals surface area contributed by atoms with Crippen LogP contribution in [0, 0.1) is 5.92 Å². The van der Waals surface area contributed by atoms with E-state index in [9.17, 15) is 9.59 Å². The van der Waals surface area contributed by atoms with Gasteiger partial charge in [0.1, 0.15) is 6.61 Å². The standard InChI is InChI=1S/C13H21NO5/c15-12(9-18-8-11-4-2-6-19-11)14-5-1-3-10(7-14)13(16)17/h10-11H,1-9H2,(H,16,17)/t10-,11+/m0/s1. The summed E-state index contributed by atoms with van der Waals surface area (Å²) in [5, 5.41) is 8.97. The Bertz CT molecular complexity index is 327. The summed E-state index contributed by atoms with van der Waals surface area (Å²) in [6, 6.07) is 0. The lowest BCUT2D eigenvalue weighted by atomic mass is 9.98. The summed E-state index contributed by atoms with van der Waals surface area (Å²) in [6.45, 7) is 2.17. The van der Waals surface area contributed by atoms with Gasteiger partial charge in [-0.3, -0.25) is 9.59 Å². The van der Waals surface area contributed by atoms with Gasteiger partial charge in [0.15, 0.2) is 0 Å². The topological polar surface area (TPSA) is 76.1 Å². The molecule has 19 heavy (non-hydrogen) atoms. The van der Waals surface area contributed by atoms with Crippen molar-refractivity contribution in [2.24, 2.45) is 5.92 Å². The van der Waals surface area contributed by atoms with Gasteiger partial charge in [-0.1, -0.05) is 0 Å². The molecule has 2 atom stereocenters. The Morgan fingerprint density at radius 1 is 1.32 bits per heavy atom. The number of hydrogen-bond acceptors (Lipinski definition) is 4. The lowest BCUT2D eigenvalue weighted by molar-refractivity contribution is -0.147. The van der Waals surface area contributed by atoms with E-state index < -0.39 is 11.9 Å². The zero-order valence-electron chi connectivity index (χ0n) is 11.0. The number of rotatable bonds is 5. The highest BCUT2D eigenvalue weighted by atomic mass is 16.5. The molecule has 0 spiro atoms. The normalized spacial score (nSPS) is 27.5. The quantitative estimate of drug-likeness (QED) is 0.788. The lowest BCUT2D eigenvalue weighted by Gasteiger charge is -2.30. The molecule has 2 aliphatic heterocycles. The molecular formula is C13H21NO5. The molecule has 1 N–H and O–H groups in total. The minimum Gasteiger partial charge on any atom is -0.481 e. The van der Waals surface area contributed by atoms with Crippen molar-refractivity contribution < 1.29 is 24.2 Å². The summed E-state index contributed by atoms with van der Waals surface area (Å²) in [6.07, 6.45) is 3.54. The van der Waals surface area contributed by atoms with Crippen molar-refractivity contribution in [1.82, 2.24) is 4.90 Å². The Kier molecular flexibility index (Phi) is 5.15. The molecule has 6 heteroatoms. The first-order chi connectivity index (χ1) is 9.16. The summed E-state index contributed by atoms with van der Waals surface area (Å²) in [5.41, 5.74) is 0. The van der Waals surface area contributed by atoms with Crippen LogP contribution < -0.4 is 0 Å². The fourth-order valence-electron chi connectivity index (χ4n) is 2.55.